The van der Waals surface area contributed by atoms with Crippen molar-refractivity contribution in [2.24, 2.45) is 0 Å². The summed E-state index contributed by atoms with van der Waals surface area (Å²) < 4.78 is 27.5. The molecular weight excluding hydrogens is 396 g/mol. The lowest BCUT2D eigenvalue weighted by molar-refractivity contribution is 0.0960. The molecule has 2 aromatic rings. The van der Waals surface area contributed by atoms with Crippen LogP contribution in [0.4, 0.5) is 19.3 Å². The van der Waals surface area contributed by atoms with Crippen LogP contribution >= 0.6 is 27.5 Å². The van der Waals surface area contributed by atoms with Gasteiger partial charge < -0.3 is 0 Å². The molecule has 0 atom stereocenters. The number of hydrogen-bond acceptors (Lipinski definition) is 3. The lowest BCUT2D eigenvalue weighted by Gasteiger charge is -2.10. The highest BCUT2D eigenvalue weighted by molar-refractivity contribution is 9.10. The molecule has 0 radical (unpaired) electrons. The Labute approximate surface area is 143 Å². The summed E-state index contributed by atoms with van der Waals surface area (Å²) in [5.74, 6) is -2.42. The standard InChI is InChI=1S/C14H9BrClF2N3O2/c15-7-1-3-9(10(17)5-7)13(22)19-14(23)21-20-12-4-2-8(16)6-11(12)18/h1-6,20H,(H2,19,21,22,23). The van der Waals surface area contributed by atoms with E-state index in [0.717, 1.165) is 12.1 Å². The third kappa shape index (κ3) is 4.64. The van der Waals surface area contributed by atoms with Gasteiger partial charge in [0.05, 0.1) is 11.3 Å². The first-order valence-electron chi connectivity index (χ1n) is 6.14. The summed E-state index contributed by atoms with van der Waals surface area (Å²) in [4.78, 5) is 23.3. The van der Waals surface area contributed by atoms with E-state index in [1.54, 1.807) is 0 Å². The van der Waals surface area contributed by atoms with Crippen LogP contribution < -0.4 is 16.2 Å². The average Bonchev–Trinajstić information content (AvgIpc) is 2.46. The van der Waals surface area contributed by atoms with E-state index < -0.39 is 23.6 Å². The van der Waals surface area contributed by atoms with Gasteiger partial charge in [0.1, 0.15) is 11.6 Å². The fourth-order valence-electron chi connectivity index (χ4n) is 1.59. The minimum absolute atomic E-state index is 0.0492. The lowest BCUT2D eigenvalue weighted by Crippen LogP contribution is -2.42. The summed E-state index contributed by atoms with van der Waals surface area (Å²) in [6.45, 7) is 0. The van der Waals surface area contributed by atoms with Crippen LogP contribution in [0.2, 0.25) is 5.02 Å². The number of amides is 3. The van der Waals surface area contributed by atoms with E-state index in [0.29, 0.717) is 4.47 Å². The number of nitrogens with one attached hydrogen (secondary N) is 3. The predicted molar refractivity (Wildman–Crippen MR) is 85.1 cm³/mol. The number of imide groups is 1. The Kier molecular flexibility index (Phi) is 5.51. The van der Waals surface area contributed by atoms with E-state index in [-0.39, 0.29) is 16.3 Å². The van der Waals surface area contributed by atoms with E-state index in [2.05, 4.69) is 26.8 Å². The first kappa shape index (κ1) is 17.2. The second-order valence-corrected chi connectivity index (χ2v) is 5.63. The second kappa shape index (κ2) is 7.38. The normalized spacial score (nSPS) is 10.1. The maximum Gasteiger partial charge on any atom is 0.340 e. The summed E-state index contributed by atoms with van der Waals surface area (Å²) in [7, 11) is 0. The van der Waals surface area contributed by atoms with Crippen molar-refractivity contribution >= 4 is 45.2 Å². The number of rotatable bonds is 3. The third-order valence-corrected chi connectivity index (χ3v) is 3.37. The van der Waals surface area contributed by atoms with Gasteiger partial charge in [0, 0.05) is 9.50 Å². The summed E-state index contributed by atoms with van der Waals surface area (Å²) in [5.41, 5.74) is 3.97. The van der Waals surface area contributed by atoms with Gasteiger partial charge in [0.25, 0.3) is 5.91 Å². The van der Waals surface area contributed by atoms with Gasteiger partial charge in [-0.1, -0.05) is 27.5 Å². The number of hydrazine groups is 1. The molecule has 5 nitrogen and oxygen atoms in total. The molecule has 0 unspecified atom stereocenters. The van der Waals surface area contributed by atoms with Crippen LogP contribution in [-0.2, 0) is 0 Å². The van der Waals surface area contributed by atoms with Gasteiger partial charge >= 0.3 is 6.03 Å². The van der Waals surface area contributed by atoms with Crippen molar-refractivity contribution in [1.82, 2.24) is 10.7 Å². The van der Waals surface area contributed by atoms with Gasteiger partial charge in [-0.15, -0.1) is 0 Å². The molecule has 0 saturated carbocycles. The maximum atomic E-state index is 13.6. The van der Waals surface area contributed by atoms with Crippen molar-refractivity contribution in [2.45, 2.75) is 0 Å². The van der Waals surface area contributed by atoms with Crippen LogP contribution in [-0.4, -0.2) is 11.9 Å². The van der Waals surface area contributed by atoms with Crippen LogP contribution in [0.15, 0.2) is 40.9 Å². The Morgan fingerprint density at radius 2 is 1.78 bits per heavy atom. The molecule has 3 N–H and O–H groups in total. The number of anilines is 1. The Morgan fingerprint density at radius 3 is 2.43 bits per heavy atom. The molecule has 0 aromatic heterocycles. The molecule has 23 heavy (non-hydrogen) atoms. The van der Waals surface area contributed by atoms with Gasteiger partial charge in [-0.3, -0.25) is 21.0 Å². The largest absolute Gasteiger partial charge is 0.340 e. The quantitative estimate of drug-likeness (QED) is 0.681. The Balaban J connectivity index is 1.95. The van der Waals surface area contributed by atoms with Crippen LogP contribution in [0, 0.1) is 11.6 Å². The van der Waals surface area contributed by atoms with Gasteiger partial charge in [-0.25, -0.2) is 13.6 Å². The van der Waals surface area contributed by atoms with Crippen LogP contribution in [0.5, 0.6) is 0 Å². The summed E-state index contributed by atoms with van der Waals surface area (Å²) in [6.07, 6.45) is 0. The van der Waals surface area contributed by atoms with E-state index >= 15 is 0 Å². The molecule has 0 spiro atoms. The fourth-order valence-corrected chi connectivity index (χ4v) is 2.08. The van der Waals surface area contributed by atoms with Crippen molar-refractivity contribution in [3.05, 3.63) is 63.1 Å². The van der Waals surface area contributed by atoms with Crippen LogP contribution in [0.3, 0.4) is 0 Å². The highest BCUT2D eigenvalue weighted by Gasteiger charge is 2.15. The van der Waals surface area contributed by atoms with E-state index in [9.17, 15) is 18.4 Å². The fraction of sp³-hybridized carbons (Fsp3) is 0. The molecule has 0 aliphatic rings. The number of carbonyl (C=O) groups excluding carboxylic acids is 2. The molecule has 0 heterocycles. The Bertz CT molecular complexity index is 774. The zero-order valence-corrected chi connectivity index (χ0v) is 13.6. The van der Waals surface area contributed by atoms with Crippen molar-refractivity contribution in [3.63, 3.8) is 0 Å². The Morgan fingerprint density at radius 1 is 1.04 bits per heavy atom. The number of carbonyl (C=O) groups is 2. The van der Waals surface area contributed by atoms with Gasteiger partial charge in [0.2, 0.25) is 0 Å². The maximum absolute atomic E-state index is 13.6. The Hall–Kier alpha value is -2.19. The number of hydrogen-bond donors (Lipinski definition) is 3. The molecule has 2 rings (SSSR count). The van der Waals surface area contributed by atoms with Gasteiger partial charge in [-0.2, -0.15) is 0 Å². The van der Waals surface area contributed by atoms with Crippen molar-refractivity contribution in [2.75, 3.05) is 5.43 Å². The zero-order chi connectivity index (χ0) is 17.0. The third-order valence-electron chi connectivity index (χ3n) is 2.64. The smallest absolute Gasteiger partial charge is 0.294 e. The monoisotopic (exact) mass is 403 g/mol. The molecule has 0 fully saturated rings. The van der Waals surface area contributed by atoms with Gasteiger partial charge in [-0.05, 0) is 36.4 Å². The number of benzene rings is 2. The van der Waals surface area contributed by atoms with E-state index in [4.69, 9.17) is 11.6 Å². The molecule has 3 amide bonds. The SMILES string of the molecule is O=C(NNc1ccc(Cl)cc1F)NC(=O)c1ccc(Br)cc1F. The molecule has 0 aliphatic heterocycles. The highest BCUT2D eigenvalue weighted by atomic mass is 79.9. The molecule has 2 aromatic carbocycles. The minimum Gasteiger partial charge on any atom is -0.294 e. The topological polar surface area (TPSA) is 70.2 Å². The van der Waals surface area contributed by atoms with Crippen LogP contribution in [0.1, 0.15) is 10.4 Å². The average molecular weight is 405 g/mol. The molecule has 0 bridgehead atoms. The molecule has 0 aliphatic carbocycles. The van der Waals surface area contributed by atoms with Gasteiger partial charge in [0.15, 0.2) is 0 Å². The zero-order valence-electron chi connectivity index (χ0n) is 11.3. The predicted octanol–water partition coefficient (Wildman–Crippen LogP) is 3.85. The summed E-state index contributed by atoms with van der Waals surface area (Å²) >= 11 is 8.64. The van der Waals surface area contributed by atoms with E-state index in [1.165, 1.54) is 24.3 Å². The first-order chi connectivity index (χ1) is 10.9. The van der Waals surface area contributed by atoms with E-state index in [1.807, 2.05) is 5.32 Å². The second-order valence-electron chi connectivity index (χ2n) is 4.28. The summed E-state index contributed by atoms with van der Waals surface area (Å²) in [5, 5.41) is 2.10. The molecule has 9 heteroatoms. The molecule has 120 valence electrons. The van der Waals surface area contributed by atoms with Crippen molar-refractivity contribution in [3.8, 4) is 0 Å². The summed E-state index contributed by atoms with van der Waals surface area (Å²) in [6, 6.07) is 6.54. The molecular formula is C14H9BrClF2N3O2. The van der Waals surface area contributed by atoms with Crippen molar-refractivity contribution in [1.29, 1.82) is 0 Å². The number of urea groups is 1. The highest BCUT2D eigenvalue weighted by Crippen LogP contribution is 2.18. The lowest BCUT2D eigenvalue weighted by atomic mass is 10.2. The first-order valence-corrected chi connectivity index (χ1v) is 7.31. The molecule has 0 saturated heterocycles. The number of halogens is 4. The minimum atomic E-state index is -0.980. The van der Waals surface area contributed by atoms with Crippen LogP contribution in [0.25, 0.3) is 0 Å². The van der Waals surface area contributed by atoms with Crippen molar-refractivity contribution < 1.29 is 18.4 Å².